The fraction of sp³-hybridized carbons (Fsp3) is 0.857. The van der Waals surface area contributed by atoms with Crippen LogP contribution in [0.3, 0.4) is 0 Å². The summed E-state index contributed by atoms with van der Waals surface area (Å²) in [7, 11) is 1.79. The molecular formula is C14H23N5OS. The number of aromatic nitrogens is 4. The van der Waals surface area contributed by atoms with E-state index in [-0.39, 0.29) is 5.91 Å². The molecule has 21 heavy (non-hydrogen) atoms. The van der Waals surface area contributed by atoms with Crippen LogP contribution < -0.4 is 0 Å². The van der Waals surface area contributed by atoms with E-state index in [0.717, 1.165) is 19.4 Å². The number of thioether (sulfide) groups is 1. The molecule has 1 aromatic heterocycles. The Morgan fingerprint density at radius 2 is 2.14 bits per heavy atom. The third-order valence-corrected chi connectivity index (χ3v) is 5.64. The molecule has 1 saturated heterocycles. The Hall–Kier alpha value is -1.11. The monoisotopic (exact) mass is 309 g/mol. The van der Waals surface area contributed by atoms with Crippen molar-refractivity contribution in [1.29, 1.82) is 0 Å². The van der Waals surface area contributed by atoms with Gasteiger partial charge in [-0.3, -0.25) is 4.79 Å². The van der Waals surface area contributed by atoms with Crippen LogP contribution in [0.15, 0.2) is 5.16 Å². The second kappa shape index (κ2) is 4.97. The molecule has 2 atom stereocenters. The second-order valence-corrected chi connectivity index (χ2v) is 8.55. The molecule has 1 aromatic rings. The van der Waals surface area contributed by atoms with E-state index >= 15 is 0 Å². The fourth-order valence-electron chi connectivity index (χ4n) is 4.30. The molecule has 3 rings (SSSR count). The molecule has 2 unspecified atom stereocenters. The van der Waals surface area contributed by atoms with Crippen molar-refractivity contribution in [2.45, 2.75) is 51.2 Å². The van der Waals surface area contributed by atoms with Gasteiger partial charge in [-0.25, -0.2) is 4.68 Å². The van der Waals surface area contributed by atoms with Gasteiger partial charge in [0.05, 0.1) is 5.75 Å². The molecule has 1 aliphatic heterocycles. The lowest BCUT2D eigenvalue weighted by molar-refractivity contribution is -0.129. The third-order valence-electron chi connectivity index (χ3n) is 4.64. The number of fused-ring (bicyclic) bond motifs is 2. The lowest BCUT2D eigenvalue weighted by Crippen LogP contribution is -2.38. The molecule has 116 valence electrons. The van der Waals surface area contributed by atoms with E-state index in [1.807, 2.05) is 0 Å². The van der Waals surface area contributed by atoms with Crippen LogP contribution in [-0.4, -0.2) is 49.4 Å². The van der Waals surface area contributed by atoms with Crippen LogP contribution in [0.2, 0.25) is 0 Å². The van der Waals surface area contributed by atoms with E-state index < -0.39 is 0 Å². The first-order chi connectivity index (χ1) is 9.78. The second-order valence-electron chi connectivity index (χ2n) is 7.61. The zero-order valence-electron chi connectivity index (χ0n) is 13.2. The largest absolute Gasteiger partial charge is 0.338 e. The summed E-state index contributed by atoms with van der Waals surface area (Å²) in [5.41, 5.74) is 0.631. The number of carbonyl (C=O) groups excluding carboxylic acids is 1. The van der Waals surface area contributed by atoms with E-state index in [9.17, 15) is 4.79 Å². The first kappa shape index (κ1) is 14.8. The number of amides is 1. The maximum Gasteiger partial charge on any atom is 0.233 e. The number of carbonyl (C=O) groups is 1. The standard InChI is InChI=1S/C14H23N5OS/c1-13(2)5-10-6-14(3,8-13)9-19(10)11(20)7-21-12-15-16-17-18(12)4/h10H,5-9H2,1-4H3. The number of likely N-dealkylation sites (tertiary alicyclic amines) is 1. The van der Waals surface area contributed by atoms with Gasteiger partial charge in [0, 0.05) is 19.6 Å². The molecule has 2 bridgehead atoms. The Morgan fingerprint density at radius 1 is 1.38 bits per heavy atom. The predicted octanol–water partition coefficient (Wildman–Crippen LogP) is 1.73. The van der Waals surface area contributed by atoms with Crippen LogP contribution in [0.25, 0.3) is 0 Å². The average molecular weight is 309 g/mol. The molecule has 0 radical (unpaired) electrons. The highest BCUT2D eigenvalue weighted by molar-refractivity contribution is 7.99. The molecule has 6 nitrogen and oxygen atoms in total. The Balaban J connectivity index is 1.65. The van der Waals surface area contributed by atoms with Gasteiger partial charge in [-0.1, -0.05) is 32.5 Å². The summed E-state index contributed by atoms with van der Waals surface area (Å²) in [6, 6.07) is 0.407. The Kier molecular flexibility index (Phi) is 3.50. The molecule has 2 aliphatic rings. The molecule has 2 fully saturated rings. The summed E-state index contributed by atoms with van der Waals surface area (Å²) in [5, 5.41) is 12.0. The van der Waals surface area contributed by atoms with Gasteiger partial charge >= 0.3 is 0 Å². The number of rotatable bonds is 3. The van der Waals surface area contributed by atoms with Crippen molar-refractivity contribution in [2.75, 3.05) is 12.3 Å². The average Bonchev–Trinajstić information content (AvgIpc) is 2.86. The van der Waals surface area contributed by atoms with Crippen molar-refractivity contribution in [3.8, 4) is 0 Å². The van der Waals surface area contributed by atoms with E-state index in [4.69, 9.17) is 0 Å². The van der Waals surface area contributed by atoms with Crippen LogP contribution in [0, 0.1) is 10.8 Å². The van der Waals surface area contributed by atoms with Crippen LogP contribution in [-0.2, 0) is 11.8 Å². The lowest BCUT2D eigenvalue weighted by atomic mass is 9.65. The van der Waals surface area contributed by atoms with Crippen LogP contribution in [0.4, 0.5) is 0 Å². The zero-order chi connectivity index (χ0) is 15.3. The van der Waals surface area contributed by atoms with Gasteiger partial charge in [-0.15, -0.1) is 5.10 Å². The van der Waals surface area contributed by atoms with Crippen molar-refractivity contribution in [3.63, 3.8) is 0 Å². The predicted molar refractivity (Wildman–Crippen MR) is 80.8 cm³/mol. The van der Waals surface area contributed by atoms with Gasteiger partial charge < -0.3 is 4.90 Å². The quantitative estimate of drug-likeness (QED) is 0.796. The van der Waals surface area contributed by atoms with Crippen LogP contribution >= 0.6 is 11.8 Å². The van der Waals surface area contributed by atoms with Gasteiger partial charge in [0.1, 0.15) is 0 Å². The molecule has 7 heteroatoms. The molecule has 1 aliphatic carbocycles. The minimum atomic E-state index is 0.217. The first-order valence-corrected chi connectivity index (χ1v) is 8.41. The Bertz CT molecular complexity index is 557. The summed E-state index contributed by atoms with van der Waals surface area (Å²) < 4.78 is 1.60. The van der Waals surface area contributed by atoms with Crippen molar-refractivity contribution in [2.24, 2.45) is 17.9 Å². The normalized spacial score (nSPS) is 30.7. The highest BCUT2D eigenvalue weighted by atomic mass is 32.2. The van der Waals surface area contributed by atoms with Crippen molar-refractivity contribution in [1.82, 2.24) is 25.1 Å². The number of hydrogen-bond donors (Lipinski definition) is 0. The van der Waals surface area contributed by atoms with E-state index in [2.05, 4.69) is 41.2 Å². The van der Waals surface area contributed by atoms with Crippen LogP contribution in [0.5, 0.6) is 0 Å². The van der Waals surface area contributed by atoms with Gasteiger partial charge in [-0.05, 0) is 40.5 Å². The molecule has 1 amide bonds. The van der Waals surface area contributed by atoms with Crippen LogP contribution in [0.1, 0.15) is 40.0 Å². The molecular weight excluding hydrogens is 286 g/mol. The smallest absolute Gasteiger partial charge is 0.233 e. The fourth-order valence-corrected chi connectivity index (χ4v) is 5.04. The minimum Gasteiger partial charge on any atom is -0.338 e. The SMILES string of the molecule is Cn1nnnc1SCC(=O)N1CC2(C)CC1CC(C)(C)C2. The third kappa shape index (κ3) is 2.93. The Morgan fingerprint density at radius 3 is 2.81 bits per heavy atom. The number of hydrogen-bond acceptors (Lipinski definition) is 5. The van der Waals surface area contributed by atoms with Gasteiger partial charge in [0.15, 0.2) is 0 Å². The molecule has 2 heterocycles. The highest BCUT2D eigenvalue weighted by Crippen LogP contribution is 2.52. The summed E-state index contributed by atoms with van der Waals surface area (Å²) in [5.74, 6) is 0.635. The summed E-state index contributed by atoms with van der Waals surface area (Å²) >= 11 is 1.42. The van der Waals surface area contributed by atoms with Gasteiger partial charge in [0.25, 0.3) is 0 Å². The zero-order valence-corrected chi connectivity index (χ0v) is 14.0. The molecule has 0 N–H and O–H groups in total. The van der Waals surface area contributed by atoms with Gasteiger partial charge in [-0.2, -0.15) is 0 Å². The lowest BCUT2D eigenvalue weighted by Gasteiger charge is -2.39. The number of tetrazole rings is 1. The maximum atomic E-state index is 12.6. The molecule has 0 aromatic carbocycles. The van der Waals surface area contributed by atoms with E-state index in [1.165, 1.54) is 18.2 Å². The van der Waals surface area contributed by atoms with Crippen molar-refractivity contribution < 1.29 is 4.79 Å². The number of aryl methyl sites for hydroxylation is 1. The number of nitrogens with zero attached hydrogens (tertiary/aromatic N) is 5. The summed E-state index contributed by atoms with van der Waals surface area (Å²) in [6.45, 7) is 7.88. The topological polar surface area (TPSA) is 63.9 Å². The first-order valence-electron chi connectivity index (χ1n) is 7.43. The highest BCUT2D eigenvalue weighted by Gasteiger charge is 2.50. The molecule has 1 saturated carbocycles. The van der Waals surface area contributed by atoms with Gasteiger partial charge in [0.2, 0.25) is 11.1 Å². The minimum absolute atomic E-state index is 0.217. The van der Waals surface area contributed by atoms with E-state index in [1.54, 1.807) is 11.7 Å². The summed E-state index contributed by atoms with van der Waals surface area (Å²) in [4.78, 5) is 14.7. The maximum absolute atomic E-state index is 12.6. The van der Waals surface area contributed by atoms with E-state index in [0.29, 0.717) is 27.8 Å². The summed E-state index contributed by atoms with van der Waals surface area (Å²) in [6.07, 6.45) is 3.48. The Labute approximate surface area is 129 Å². The molecule has 0 spiro atoms. The van der Waals surface area contributed by atoms with Crippen molar-refractivity contribution >= 4 is 17.7 Å². The van der Waals surface area contributed by atoms with Crippen molar-refractivity contribution in [3.05, 3.63) is 0 Å².